The Morgan fingerprint density at radius 1 is 1.54 bits per heavy atom. The van der Waals surface area contributed by atoms with Gasteiger partial charge in [-0.2, -0.15) is 0 Å². The zero-order valence-corrected chi connectivity index (χ0v) is 7.52. The molecule has 1 rings (SSSR count). The Morgan fingerprint density at radius 3 is 2.62 bits per heavy atom. The molecule has 0 atom stereocenters. The van der Waals surface area contributed by atoms with Crippen molar-refractivity contribution in [2.75, 3.05) is 0 Å². The molecule has 1 aromatic rings. The lowest BCUT2D eigenvalue weighted by molar-refractivity contribution is -0.385. The van der Waals surface area contributed by atoms with Gasteiger partial charge < -0.3 is 5.02 Å². The summed E-state index contributed by atoms with van der Waals surface area (Å²) < 4.78 is 0. The van der Waals surface area contributed by atoms with Gasteiger partial charge in [0.05, 0.1) is 4.92 Å². The number of rotatable bonds is 2. The van der Waals surface area contributed by atoms with Crippen LogP contribution in [0.3, 0.4) is 0 Å². The zero-order chi connectivity index (χ0) is 10.0. The summed E-state index contributed by atoms with van der Waals surface area (Å²) in [5.41, 5.74) is 1.23. The summed E-state index contributed by atoms with van der Waals surface area (Å²) in [4.78, 5) is 10.1. The summed E-state index contributed by atoms with van der Waals surface area (Å²) in [6.07, 6.45) is 0. The molecule has 0 fully saturated rings. The summed E-state index contributed by atoms with van der Waals surface area (Å²) in [6, 6.07) is 4.73. The van der Waals surface area contributed by atoms with Crippen molar-refractivity contribution in [3.63, 3.8) is 0 Å². The first-order chi connectivity index (χ1) is 6.02. The second-order valence-corrected chi connectivity index (χ2v) is 2.98. The summed E-state index contributed by atoms with van der Waals surface area (Å²) >= 11 is 0. The Balaban J connectivity index is 3.19. The van der Waals surface area contributed by atoms with Crippen LogP contribution in [0.1, 0.15) is 5.56 Å². The molecule has 68 valence electrons. The minimum absolute atomic E-state index is 0.0541. The predicted octanol–water partition coefficient (Wildman–Crippen LogP) is 0.724. The van der Waals surface area contributed by atoms with E-state index in [-0.39, 0.29) is 5.69 Å². The largest absolute Gasteiger partial charge is 0.446 e. The number of hydrogen-bond donors (Lipinski definition) is 1. The molecule has 0 aliphatic rings. The molecule has 0 unspecified atom stereocenters. The first-order valence-corrected chi connectivity index (χ1v) is 3.95. The molecule has 0 aliphatic carbocycles. The highest BCUT2D eigenvalue weighted by Gasteiger charge is 2.14. The minimum atomic E-state index is -0.667. The molecule has 5 heteroatoms. The zero-order valence-electron chi connectivity index (χ0n) is 7.52. The van der Waals surface area contributed by atoms with E-state index in [1.165, 1.54) is 6.07 Å². The van der Waals surface area contributed by atoms with Crippen molar-refractivity contribution in [3.05, 3.63) is 33.9 Å². The highest BCUT2D eigenvalue weighted by molar-refractivity contribution is 6.64. The van der Waals surface area contributed by atoms with Gasteiger partial charge in [0.25, 0.3) is 5.69 Å². The van der Waals surface area contributed by atoms with Crippen LogP contribution in [0.15, 0.2) is 18.2 Å². The Labute approximate surface area is 76.5 Å². The van der Waals surface area contributed by atoms with E-state index >= 15 is 0 Å². The monoisotopic (exact) mass is 179 g/mol. The molecule has 4 nitrogen and oxygen atoms in total. The molecule has 0 aromatic heterocycles. The third-order valence-electron chi connectivity index (χ3n) is 1.91. The highest BCUT2D eigenvalue weighted by Crippen LogP contribution is 2.14. The first-order valence-electron chi connectivity index (χ1n) is 3.95. The Bertz CT molecular complexity index is 338. The molecule has 0 radical (unpaired) electrons. The van der Waals surface area contributed by atoms with Crippen molar-refractivity contribution >= 4 is 18.1 Å². The van der Waals surface area contributed by atoms with Crippen molar-refractivity contribution in [3.8, 4) is 0 Å². The molecule has 1 aromatic carbocycles. The number of nitrogens with zero attached hydrogens (tertiary/aromatic N) is 1. The van der Waals surface area contributed by atoms with Crippen LogP contribution in [0, 0.1) is 17.0 Å². The third kappa shape index (κ3) is 2.06. The van der Waals surface area contributed by atoms with E-state index in [0.717, 1.165) is 0 Å². The highest BCUT2D eigenvalue weighted by atomic mass is 16.6. The normalized spacial score (nSPS) is 9.77. The third-order valence-corrected chi connectivity index (χ3v) is 1.91. The molecular formula is C8H10BNO3. The molecule has 0 bridgehead atoms. The fraction of sp³-hybridized carbons (Fsp3) is 0.250. The van der Waals surface area contributed by atoms with Gasteiger partial charge in [0.15, 0.2) is 0 Å². The van der Waals surface area contributed by atoms with Crippen LogP contribution in [0.5, 0.6) is 0 Å². The minimum Gasteiger partial charge on any atom is -0.446 e. The van der Waals surface area contributed by atoms with E-state index in [0.29, 0.717) is 11.0 Å². The topological polar surface area (TPSA) is 63.4 Å². The van der Waals surface area contributed by atoms with Gasteiger partial charge in [-0.1, -0.05) is 19.0 Å². The number of nitro groups is 1. The van der Waals surface area contributed by atoms with Gasteiger partial charge in [-0.25, -0.2) is 0 Å². The van der Waals surface area contributed by atoms with Gasteiger partial charge in [0.2, 0.25) is 0 Å². The van der Waals surface area contributed by atoms with Gasteiger partial charge >= 0.3 is 6.92 Å². The molecule has 0 saturated heterocycles. The number of nitro benzene ring substituents is 1. The molecule has 0 aliphatic heterocycles. The maximum atomic E-state index is 10.5. The molecule has 0 amide bonds. The predicted molar refractivity (Wildman–Crippen MR) is 51.3 cm³/mol. The second-order valence-electron chi connectivity index (χ2n) is 2.98. The average molecular weight is 179 g/mol. The summed E-state index contributed by atoms with van der Waals surface area (Å²) in [6.45, 7) is 2.58. The van der Waals surface area contributed by atoms with Gasteiger partial charge in [-0.05, 0) is 12.4 Å². The Kier molecular flexibility index (Phi) is 2.68. The average Bonchev–Trinajstić information content (AvgIpc) is 2.04. The molecule has 0 saturated carbocycles. The quantitative estimate of drug-likeness (QED) is 0.413. The van der Waals surface area contributed by atoms with E-state index in [2.05, 4.69) is 0 Å². The molecule has 0 heterocycles. The van der Waals surface area contributed by atoms with Crippen LogP contribution in [0.25, 0.3) is 0 Å². The summed E-state index contributed by atoms with van der Waals surface area (Å²) in [5, 5.41) is 19.7. The van der Waals surface area contributed by atoms with Gasteiger partial charge in [0, 0.05) is 11.6 Å². The van der Waals surface area contributed by atoms with Crippen LogP contribution in [-0.4, -0.2) is 16.9 Å². The summed E-state index contributed by atoms with van der Waals surface area (Å²) in [5.74, 6) is 0. The van der Waals surface area contributed by atoms with Crippen molar-refractivity contribution in [2.24, 2.45) is 0 Å². The fourth-order valence-electron chi connectivity index (χ4n) is 1.08. The van der Waals surface area contributed by atoms with E-state index in [9.17, 15) is 15.1 Å². The molecule has 13 heavy (non-hydrogen) atoms. The fourth-order valence-corrected chi connectivity index (χ4v) is 1.08. The van der Waals surface area contributed by atoms with Crippen molar-refractivity contribution < 1.29 is 9.95 Å². The van der Waals surface area contributed by atoms with Crippen molar-refractivity contribution in [1.29, 1.82) is 0 Å². The van der Waals surface area contributed by atoms with E-state index in [4.69, 9.17) is 0 Å². The van der Waals surface area contributed by atoms with Crippen LogP contribution in [0.4, 0.5) is 5.69 Å². The first kappa shape index (κ1) is 9.73. The lowest BCUT2D eigenvalue weighted by atomic mass is 9.64. The maximum Gasteiger partial charge on any atom is 0.320 e. The van der Waals surface area contributed by atoms with Crippen LogP contribution < -0.4 is 5.46 Å². The smallest absolute Gasteiger partial charge is 0.320 e. The van der Waals surface area contributed by atoms with E-state index in [1.54, 1.807) is 25.9 Å². The van der Waals surface area contributed by atoms with Gasteiger partial charge in [-0.3, -0.25) is 10.1 Å². The van der Waals surface area contributed by atoms with E-state index < -0.39 is 11.8 Å². The molecule has 0 spiro atoms. The van der Waals surface area contributed by atoms with Crippen LogP contribution in [-0.2, 0) is 0 Å². The summed E-state index contributed by atoms with van der Waals surface area (Å²) in [7, 11) is 0. The SMILES string of the molecule is CB(O)c1ccc(C)c([N+](=O)[O-])c1. The number of benzene rings is 1. The van der Waals surface area contributed by atoms with Crippen LogP contribution >= 0.6 is 0 Å². The van der Waals surface area contributed by atoms with Gasteiger partial charge in [0.1, 0.15) is 0 Å². The maximum absolute atomic E-state index is 10.5. The van der Waals surface area contributed by atoms with Crippen molar-refractivity contribution in [1.82, 2.24) is 0 Å². The molecular weight excluding hydrogens is 169 g/mol. The number of aryl methyl sites for hydroxylation is 1. The van der Waals surface area contributed by atoms with Gasteiger partial charge in [-0.15, -0.1) is 0 Å². The van der Waals surface area contributed by atoms with E-state index in [1.807, 2.05) is 0 Å². The van der Waals surface area contributed by atoms with Crippen molar-refractivity contribution in [2.45, 2.75) is 13.7 Å². The lowest BCUT2D eigenvalue weighted by Crippen LogP contribution is -2.26. The van der Waals surface area contributed by atoms with Crippen LogP contribution in [0.2, 0.25) is 6.82 Å². The molecule has 1 N–H and O–H groups in total. The Hall–Kier alpha value is -1.36. The Morgan fingerprint density at radius 2 is 2.15 bits per heavy atom. The second kappa shape index (κ2) is 3.57. The standard InChI is InChI=1S/C8H10BNO3/c1-6-3-4-7(9(2)11)5-8(6)10(12)13/h3-5,11H,1-2H3. The lowest BCUT2D eigenvalue weighted by Gasteiger charge is -2.02. The number of hydrogen-bond acceptors (Lipinski definition) is 3.